The van der Waals surface area contributed by atoms with Gasteiger partial charge in [0.15, 0.2) is 10.9 Å². The minimum absolute atomic E-state index is 0.0472. The molecule has 2 heterocycles. The summed E-state index contributed by atoms with van der Waals surface area (Å²) in [6, 6.07) is 11.8. The second-order valence-electron chi connectivity index (χ2n) is 6.63. The van der Waals surface area contributed by atoms with Crippen molar-refractivity contribution in [3.05, 3.63) is 71.3 Å². The lowest BCUT2D eigenvalue weighted by molar-refractivity contribution is 0.0126. The topological polar surface area (TPSA) is 60.7 Å². The molecule has 0 radical (unpaired) electrons. The molecule has 0 N–H and O–H groups in total. The van der Waals surface area contributed by atoms with Crippen LogP contribution < -0.4 is 0 Å². The van der Waals surface area contributed by atoms with E-state index in [-0.39, 0.29) is 23.1 Å². The van der Waals surface area contributed by atoms with Crippen LogP contribution in [0.2, 0.25) is 0 Å². The van der Waals surface area contributed by atoms with Crippen LogP contribution in [0.4, 0.5) is 8.78 Å². The summed E-state index contributed by atoms with van der Waals surface area (Å²) >= 11 is 1.57. The van der Waals surface area contributed by atoms with Crippen molar-refractivity contribution in [2.75, 3.05) is 0 Å². The molecule has 5 nitrogen and oxygen atoms in total. The molecule has 3 rings (SSSR count). The van der Waals surface area contributed by atoms with E-state index in [0.29, 0.717) is 0 Å². The van der Waals surface area contributed by atoms with E-state index in [0.717, 1.165) is 23.2 Å². The van der Waals surface area contributed by atoms with Crippen LogP contribution in [0, 0.1) is 0 Å². The highest BCUT2D eigenvalue weighted by atomic mass is 32.2. The van der Waals surface area contributed by atoms with Gasteiger partial charge in [-0.15, -0.1) is 10.2 Å². The number of carbonyl (C=O) groups excluding carboxylic acids is 1. The Morgan fingerprint density at radius 2 is 2.00 bits per heavy atom. The second kappa shape index (κ2) is 8.18. The predicted molar refractivity (Wildman–Crippen MR) is 104 cm³/mol. The lowest BCUT2D eigenvalue weighted by Gasteiger charge is -2.13. The Balaban J connectivity index is 1.74. The molecule has 1 atom stereocenters. The summed E-state index contributed by atoms with van der Waals surface area (Å²) in [6.07, 6.45) is 1.74. The maximum atomic E-state index is 13.5. The summed E-state index contributed by atoms with van der Waals surface area (Å²) in [7, 11) is 1.88. The minimum atomic E-state index is -3.08. The number of nitrogens with zero attached hydrogens (tertiary/aromatic N) is 4. The minimum Gasteiger partial charge on any atom is -0.312 e. The van der Waals surface area contributed by atoms with Crippen LogP contribution in [0.25, 0.3) is 0 Å². The second-order valence-corrected chi connectivity index (χ2v) is 7.93. The van der Waals surface area contributed by atoms with E-state index < -0.39 is 11.6 Å². The first-order chi connectivity index (χ1) is 13.2. The third-order valence-electron chi connectivity index (χ3n) is 4.22. The Labute approximate surface area is 166 Å². The highest BCUT2D eigenvalue weighted by Crippen LogP contribution is 2.33. The van der Waals surface area contributed by atoms with E-state index in [2.05, 4.69) is 22.1 Å². The SMILES string of the molecule is C[C@H](Sc1nncn1C)c1cccc(CC(=O)c2cccc(C(C)(F)F)n2)c1. The van der Waals surface area contributed by atoms with E-state index >= 15 is 0 Å². The molecule has 1 aromatic carbocycles. The normalized spacial score (nSPS) is 12.8. The molecule has 28 heavy (non-hydrogen) atoms. The number of rotatable bonds is 7. The van der Waals surface area contributed by atoms with Gasteiger partial charge in [0.2, 0.25) is 0 Å². The van der Waals surface area contributed by atoms with Crippen LogP contribution in [-0.4, -0.2) is 25.5 Å². The van der Waals surface area contributed by atoms with Crippen LogP contribution in [0.5, 0.6) is 0 Å². The van der Waals surface area contributed by atoms with Crippen molar-refractivity contribution < 1.29 is 13.6 Å². The van der Waals surface area contributed by atoms with Crippen LogP contribution in [-0.2, 0) is 19.4 Å². The van der Waals surface area contributed by atoms with Gasteiger partial charge in [-0.25, -0.2) is 4.98 Å². The van der Waals surface area contributed by atoms with Gasteiger partial charge in [-0.05, 0) is 30.2 Å². The van der Waals surface area contributed by atoms with Crippen molar-refractivity contribution in [3.63, 3.8) is 0 Å². The number of benzene rings is 1. The number of aromatic nitrogens is 4. The highest BCUT2D eigenvalue weighted by molar-refractivity contribution is 7.99. The molecule has 0 bridgehead atoms. The molecular weight excluding hydrogens is 382 g/mol. The molecule has 0 fully saturated rings. The van der Waals surface area contributed by atoms with Crippen LogP contribution in [0.1, 0.15) is 46.4 Å². The van der Waals surface area contributed by atoms with Crippen LogP contribution in [0.15, 0.2) is 53.9 Å². The molecule has 146 valence electrons. The molecule has 0 saturated heterocycles. The Morgan fingerprint density at radius 3 is 2.68 bits per heavy atom. The first kappa shape index (κ1) is 20.1. The number of ketones is 1. The van der Waals surface area contributed by atoms with E-state index in [4.69, 9.17) is 0 Å². The molecule has 0 aliphatic rings. The van der Waals surface area contributed by atoms with Gasteiger partial charge in [0.1, 0.15) is 17.7 Å². The van der Waals surface area contributed by atoms with Crippen molar-refractivity contribution in [1.29, 1.82) is 0 Å². The summed E-state index contributed by atoms with van der Waals surface area (Å²) in [5, 5.41) is 8.85. The van der Waals surface area contributed by atoms with E-state index in [1.165, 1.54) is 18.2 Å². The Bertz CT molecular complexity index is 984. The number of aryl methyl sites for hydroxylation is 1. The van der Waals surface area contributed by atoms with Gasteiger partial charge in [-0.2, -0.15) is 8.78 Å². The third-order valence-corrected chi connectivity index (χ3v) is 5.43. The number of thioether (sulfide) groups is 1. The number of alkyl halides is 2. The largest absolute Gasteiger partial charge is 0.312 e. The molecule has 0 aliphatic carbocycles. The van der Waals surface area contributed by atoms with Gasteiger partial charge in [0.25, 0.3) is 5.92 Å². The van der Waals surface area contributed by atoms with Crippen LogP contribution in [0.3, 0.4) is 0 Å². The van der Waals surface area contributed by atoms with Gasteiger partial charge < -0.3 is 4.57 Å². The van der Waals surface area contributed by atoms with Crippen molar-refractivity contribution in [1.82, 2.24) is 19.7 Å². The molecule has 0 spiro atoms. The van der Waals surface area contributed by atoms with E-state index in [1.54, 1.807) is 18.1 Å². The fraction of sp³-hybridized carbons (Fsp3) is 0.300. The zero-order valence-corrected chi connectivity index (χ0v) is 16.6. The first-order valence-electron chi connectivity index (χ1n) is 8.72. The van der Waals surface area contributed by atoms with Gasteiger partial charge >= 0.3 is 0 Å². The molecule has 8 heteroatoms. The van der Waals surface area contributed by atoms with Crippen molar-refractivity contribution in [3.8, 4) is 0 Å². The van der Waals surface area contributed by atoms with E-state index in [9.17, 15) is 13.6 Å². The van der Waals surface area contributed by atoms with Gasteiger partial charge in [0.05, 0.1) is 0 Å². The van der Waals surface area contributed by atoms with Crippen molar-refractivity contribution in [2.45, 2.75) is 36.6 Å². The van der Waals surface area contributed by atoms with Crippen molar-refractivity contribution >= 4 is 17.5 Å². The summed E-state index contributed by atoms with van der Waals surface area (Å²) < 4.78 is 28.8. The lowest BCUT2D eigenvalue weighted by Crippen LogP contribution is -2.14. The maximum absolute atomic E-state index is 13.5. The predicted octanol–water partition coefficient (Wildman–Crippen LogP) is 4.60. The number of hydrogen-bond acceptors (Lipinski definition) is 5. The van der Waals surface area contributed by atoms with Gasteiger partial charge in [0, 0.05) is 25.6 Å². The van der Waals surface area contributed by atoms with Crippen LogP contribution >= 0.6 is 11.8 Å². The number of halogens is 2. The molecular formula is C20H20F2N4OS. The summed E-state index contributed by atoms with van der Waals surface area (Å²) in [6.45, 7) is 2.82. The molecule has 0 unspecified atom stereocenters. The standard InChI is InChI=1S/C20H20F2N4OS/c1-13(28-19-25-23-12-26(19)3)15-7-4-6-14(10-15)11-17(27)16-8-5-9-18(24-16)20(2,21)22/h4-10,12-13H,11H2,1-3H3/t13-/m0/s1. The average Bonchev–Trinajstić information content (AvgIpc) is 3.06. The smallest absolute Gasteiger partial charge is 0.286 e. The fourth-order valence-corrected chi connectivity index (χ4v) is 3.58. The summed E-state index contributed by atoms with van der Waals surface area (Å²) in [5.74, 6) is -3.38. The molecule has 0 amide bonds. The molecule has 2 aromatic heterocycles. The van der Waals surface area contributed by atoms with Gasteiger partial charge in [-0.3, -0.25) is 4.79 Å². The molecule has 0 saturated carbocycles. The Kier molecular flexibility index (Phi) is 5.88. The van der Waals surface area contributed by atoms with Gasteiger partial charge in [-0.1, -0.05) is 42.1 Å². The number of hydrogen-bond donors (Lipinski definition) is 0. The Hall–Kier alpha value is -2.61. The molecule has 0 aliphatic heterocycles. The Morgan fingerprint density at radius 1 is 1.25 bits per heavy atom. The molecule has 3 aromatic rings. The maximum Gasteiger partial charge on any atom is 0.286 e. The van der Waals surface area contributed by atoms with Crippen molar-refractivity contribution in [2.24, 2.45) is 7.05 Å². The number of carbonyl (C=O) groups is 1. The summed E-state index contributed by atoms with van der Waals surface area (Å²) in [4.78, 5) is 16.4. The number of pyridine rings is 1. The van der Waals surface area contributed by atoms with E-state index in [1.807, 2.05) is 35.9 Å². The third kappa shape index (κ3) is 4.81. The zero-order chi connectivity index (χ0) is 20.3. The first-order valence-corrected chi connectivity index (χ1v) is 9.60. The monoisotopic (exact) mass is 402 g/mol. The highest BCUT2D eigenvalue weighted by Gasteiger charge is 2.26. The zero-order valence-electron chi connectivity index (χ0n) is 15.8. The quantitative estimate of drug-likeness (QED) is 0.427. The fourth-order valence-electron chi connectivity index (χ4n) is 2.67. The lowest BCUT2D eigenvalue weighted by atomic mass is 10.0. The average molecular weight is 402 g/mol. The summed E-state index contributed by atoms with van der Waals surface area (Å²) in [5.41, 5.74) is 1.50. The number of Topliss-reactive ketones (excluding diaryl/α,β-unsaturated/α-hetero) is 1.